The van der Waals surface area contributed by atoms with Gasteiger partial charge in [0, 0.05) is 13.1 Å². The van der Waals surface area contributed by atoms with Gasteiger partial charge >= 0.3 is 0 Å². The van der Waals surface area contributed by atoms with Gasteiger partial charge in [-0.25, -0.2) is 4.98 Å². The van der Waals surface area contributed by atoms with E-state index in [2.05, 4.69) is 38.1 Å². The summed E-state index contributed by atoms with van der Waals surface area (Å²) in [6.07, 6.45) is 0. The number of benzene rings is 1. The maximum Gasteiger partial charge on any atom is 0.233 e. The minimum absolute atomic E-state index is 0.0218. The van der Waals surface area contributed by atoms with Crippen LogP contribution in [0.1, 0.15) is 26.6 Å². The zero-order valence-electron chi connectivity index (χ0n) is 14.9. The lowest BCUT2D eigenvalue weighted by Gasteiger charge is -2.11. The molecule has 0 aliphatic heterocycles. The van der Waals surface area contributed by atoms with E-state index in [0.29, 0.717) is 12.3 Å². The lowest BCUT2D eigenvalue weighted by atomic mass is 10.3. The fourth-order valence-corrected chi connectivity index (χ4v) is 5.36. The van der Waals surface area contributed by atoms with E-state index in [1.165, 1.54) is 16.5 Å². The first kappa shape index (κ1) is 19.2. The quantitative estimate of drug-likeness (QED) is 0.572. The average Bonchev–Trinajstić information content (AvgIpc) is 3.22. The molecular formula is C17H21N5OS3. The topological polar surface area (TPSA) is 72.7 Å². The number of para-hydroxylation sites is 1. The van der Waals surface area contributed by atoms with Crippen LogP contribution in [0, 0.1) is 0 Å². The number of hydrogen-bond acceptors (Lipinski definition) is 7. The summed E-state index contributed by atoms with van der Waals surface area (Å²) in [6.45, 7) is 7.28. The maximum atomic E-state index is 11.9. The van der Waals surface area contributed by atoms with Crippen molar-refractivity contribution in [1.82, 2.24) is 25.1 Å². The largest absolute Gasteiger partial charge is 0.355 e. The van der Waals surface area contributed by atoms with Gasteiger partial charge < -0.3 is 9.88 Å². The van der Waals surface area contributed by atoms with Gasteiger partial charge in [0.15, 0.2) is 9.50 Å². The molecule has 2 heterocycles. The summed E-state index contributed by atoms with van der Waals surface area (Å²) < 4.78 is 4.29. The highest BCUT2D eigenvalue weighted by Crippen LogP contribution is 2.32. The molecule has 3 rings (SSSR count). The SMILES string of the molecule is CCNC(=O)[C@H](C)Sc1nnc(CSc2nc3ccccc3s2)n1CC. The minimum Gasteiger partial charge on any atom is -0.355 e. The first-order valence-corrected chi connectivity index (χ1v) is 11.1. The summed E-state index contributed by atoms with van der Waals surface area (Å²) in [6, 6.07) is 8.15. The Balaban J connectivity index is 1.68. The Labute approximate surface area is 165 Å². The van der Waals surface area contributed by atoms with Crippen LogP contribution < -0.4 is 5.32 Å². The number of fused-ring (bicyclic) bond motifs is 1. The van der Waals surface area contributed by atoms with Crippen molar-refractivity contribution < 1.29 is 4.79 Å². The molecule has 9 heteroatoms. The van der Waals surface area contributed by atoms with Crippen LogP contribution in [0.3, 0.4) is 0 Å². The fourth-order valence-electron chi connectivity index (χ4n) is 2.40. The van der Waals surface area contributed by atoms with Crippen molar-refractivity contribution in [2.75, 3.05) is 6.54 Å². The number of carbonyl (C=O) groups excluding carboxylic acids is 1. The number of nitrogens with one attached hydrogen (secondary N) is 1. The Morgan fingerprint density at radius 1 is 1.31 bits per heavy atom. The first-order chi connectivity index (χ1) is 12.6. The van der Waals surface area contributed by atoms with E-state index in [1.807, 2.05) is 32.0 Å². The zero-order valence-corrected chi connectivity index (χ0v) is 17.4. The fraction of sp³-hybridized carbons (Fsp3) is 0.412. The molecule has 0 bridgehead atoms. The highest BCUT2D eigenvalue weighted by Gasteiger charge is 2.19. The van der Waals surface area contributed by atoms with Crippen LogP contribution in [0.15, 0.2) is 33.8 Å². The van der Waals surface area contributed by atoms with Crippen molar-refractivity contribution >= 4 is 51.0 Å². The lowest BCUT2D eigenvalue weighted by Crippen LogP contribution is -2.30. The summed E-state index contributed by atoms with van der Waals surface area (Å²) in [7, 11) is 0. The molecule has 0 aliphatic carbocycles. The van der Waals surface area contributed by atoms with Crippen LogP contribution >= 0.6 is 34.9 Å². The number of amides is 1. The molecule has 0 radical (unpaired) electrons. The van der Waals surface area contributed by atoms with Crippen molar-refractivity contribution in [2.24, 2.45) is 0 Å². The molecule has 0 aliphatic rings. The average molecular weight is 408 g/mol. The molecule has 138 valence electrons. The molecule has 1 amide bonds. The molecule has 26 heavy (non-hydrogen) atoms. The third kappa shape index (κ3) is 4.39. The molecule has 1 N–H and O–H groups in total. The third-order valence-electron chi connectivity index (χ3n) is 3.71. The Kier molecular flexibility index (Phi) is 6.55. The van der Waals surface area contributed by atoms with E-state index in [-0.39, 0.29) is 11.2 Å². The molecule has 0 unspecified atom stereocenters. The molecule has 2 aromatic heterocycles. The second-order valence-corrected chi connectivity index (χ2v) is 9.09. The molecule has 0 spiro atoms. The van der Waals surface area contributed by atoms with Gasteiger partial charge in [-0.3, -0.25) is 4.79 Å². The van der Waals surface area contributed by atoms with E-state index in [1.54, 1.807) is 23.1 Å². The molecule has 0 fully saturated rings. The van der Waals surface area contributed by atoms with Gasteiger partial charge in [0.2, 0.25) is 5.91 Å². The zero-order chi connectivity index (χ0) is 18.5. The Bertz CT molecular complexity index is 859. The number of hydrogen-bond donors (Lipinski definition) is 1. The summed E-state index contributed by atoms with van der Waals surface area (Å²) in [5.74, 6) is 1.63. The molecule has 0 saturated carbocycles. The summed E-state index contributed by atoms with van der Waals surface area (Å²) >= 11 is 4.81. The second kappa shape index (κ2) is 8.88. The number of carbonyl (C=O) groups is 1. The van der Waals surface area contributed by atoms with Crippen LogP contribution in [0.25, 0.3) is 10.2 Å². The van der Waals surface area contributed by atoms with E-state index < -0.39 is 0 Å². The van der Waals surface area contributed by atoms with Gasteiger partial charge in [0.1, 0.15) is 5.82 Å². The standard InChI is InChI=1S/C17H21N5OS3/c1-4-18-15(23)11(3)25-16-21-20-14(22(16)5-2)10-24-17-19-12-8-6-7-9-13(12)26-17/h6-9,11H,4-5,10H2,1-3H3,(H,18,23)/t11-/m0/s1. The van der Waals surface area contributed by atoms with Crippen molar-refractivity contribution in [2.45, 2.75) is 47.8 Å². The number of aromatic nitrogens is 4. The predicted octanol–water partition coefficient (Wildman–Crippen LogP) is 3.82. The first-order valence-electron chi connectivity index (χ1n) is 8.47. The van der Waals surface area contributed by atoms with Gasteiger partial charge in [-0.05, 0) is 32.9 Å². The number of thioether (sulfide) groups is 2. The monoisotopic (exact) mass is 407 g/mol. The van der Waals surface area contributed by atoms with Crippen LogP contribution in [0.4, 0.5) is 0 Å². The van der Waals surface area contributed by atoms with E-state index in [9.17, 15) is 4.79 Å². The molecule has 1 atom stereocenters. The molecule has 1 aromatic carbocycles. The Morgan fingerprint density at radius 3 is 2.85 bits per heavy atom. The Hall–Kier alpha value is -1.58. The van der Waals surface area contributed by atoms with Gasteiger partial charge in [-0.2, -0.15) is 0 Å². The van der Waals surface area contributed by atoms with Gasteiger partial charge in [-0.1, -0.05) is 35.7 Å². The summed E-state index contributed by atoms with van der Waals surface area (Å²) in [5.41, 5.74) is 1.03. The van der Waals surface area contributed by atoms with E-state index in [0.717, 1.165) is 27.4 Å². The second-order valence-electron chi connectivity index (χ2n) is 5.53. The highest BCUT2D eigenvalue weighted by atomic mass is 32.2. The van der Waals surface area contributed by atoms with Gasteiger partial charge in [0.05, 0.1) is 21.2 Å². The smallest absolute Gasteiger partial charge is 0.233 e. The minimum atomic E-state index is -0.200. The summed E-state index contributed by atoms with van der Waals surface area (Å²) in [5, 5.41) is 12.0. The molecule has 3 aromatic rings. The van der Waals surface area contributed by atoms with Crippen LogP contribution in [-0.4, -0.2) is 37.5 Å². The lowest BCUT2D eigenvalue weighted by molar-refractivity contribution is -0.120. The van der Waals surface area contributed by atoms with Gasteiger partial charge in [-0.15, -0.1) is 21.5 Å². The van der Waals surface area contributed by atoms with Crippen LogP contribution in [0.2, 0.25) is 0 Å². The van der Waals surface area contributed by atoms with Crippen molar-refractivity contribution in [3.05, 3.63) is 30.1 Å². The molecular weight excluding hydrogens is 386 g/mol. The maximum absolute atomic E-state index is 11.9. The van der Waals surface area contributed by atoms with E-state index in [4.69, 9.17) is 0 Å². The van der Waals surface area contributed by atoms with Crippen LogP contribution in [0.5, 0.6) is 0 Å². The van der Waals surface area contributed by atoms with Crippen molar-refractivity contribution in [1.29, 1.82) is 0 Å². The highest BCUT2D eigenvalue weighted by molar-refractivity contribution is 8.00. The normalized spacial score (nSPS) is 12.4. The predicted molar refractivity (Wildman–Crippen MR) is 109 cm³/mol. The summed E-state index contributed by atoms with van der Waals surface area (Å²) in [4.78, 5) is 16.6. The number of nitrogens with zero attached hydrogens (tertiary/aromatic N) is 4. The van der Waals surface area contributed by atoms with E-state index >= 15 is 0 Å². The van der Waals surface area contributed by atoms with Crippen molar-refractivity contribution in [3.8, 4) is 0 Å². The van der Waals surface area contributed by atoms with Crippen molar-refractivity contribution in [3.63, 3.8) is 0 Å². The molecule has 6 nitrogen and oxygen atoms in total. The van der Waals surface area contributed by atoms with Gasteiger partial charge in [0.25, 0.3) is 0 Å². The Morgan fingerprint density at radius 2 is 2.12 bits per heavy atom. The number of thiazole rings is 1. The third-order valence-corrected chi connectivity index (χ3v) is 6.97. The number of rotatable bonds is 8. The van der Waals surface area contributed by atoms with Crippen LogP contribution in [-0.2, 0) is 17.1 Å². The molecule has 0 saturated heterocycles.